The van der Waals surface area contributed by atoms with Gasteiger partial charge in [-0.1, -0.05) is 6.07 Å². The van der Waals surface area contributed by atoms with Gasteiger partial charge >= 0.3 is 5.97 Å². The molecule has 2 heterocycles. The molecular weight excluding hydrogens is 371 g/mol. The number of aromatic nitrogens is 1. The second-order valence-electron chi connectivity index (χ2n) is 6.30. The Morgan fingerprint density at radius 2 is 2.04 bits per heavy atom. The van der Waals surface area contributed by atoms with Crippen molar-refractivity contribution in [3.63, 3.8) is 0 Å². The number of hydrogen-bond donors (Lipinski definition) is 1. The van der Waals surface area contributed by atoms with E-state index in [4.69, 9.17) is 9.47 Å². The highest BCUT2D eigenvalue weighted by atomic mass is 35.5. The topological polar surface area (TPSA) is 60.5 Å². The number of carbonyl (C=O) groups excluding carboxylic acids is 1. The summed E-state index contributed by atoms with van der Waals surface area (Å²) in [5.74, 6) is -0.00324. The number of ether oxygens (including phenoxy) is 2. The number of piperidine rings is 1. The zero-order valence-electron chi connectivity index (χ0n) is 15.2. The van der Waals surface area contributed by atoms with Crippen LogP contribution < -0.4 is 10.1 Å². The summed E-state index contributed by atoms with van der Waals surface area (Å²) in [6.45, 7) is 4.66. The Morgan fingerprint density at radius 3 is 2.67 bits per heavy atom. The average molecular weight is 395 g/mol. The minimum absolute atomic E-state index is 0. The summed E-state index contributed by atoms with van der Waals surface area (Å²) in [5, 5.41) is 3.33. The predicted octanol–water partition coefficient (Wildman–Crippen LogP) is 3.86. The van der Waals surface area contributed by atoms with Crippen molar-refractivity contribution in [3.05, 3.63) is 47.9 Å². The van der Waals surface area contributed by atoms with Gasteiger partial charge in [0.25, 0.3) is 0 Å². The second kappa shape index (κ2) is 10.2. The first-order chi connectivity index (χ1) is 12.7. The van der Waals surface area contributed by atoms with E-state index >= 15 is 0 Å². The van der Waals surface area contributed by atoms with E-state index in [1.165, 1.54) is 12.1 Å². The van der Waals surface area contributed by atoms with Crippen molar-refractivity contribution in [1.82, 2.24) is 10.3 Å². The summed E-state index contributed by atoms with van der Waals surface area (Å²) in [4.78, 5) is 16.0. The summed E-state index contributed by atoms with van der Waals surface area (Å²) >= 11 is 0. The molecule has 5 nitrogen and oxygen atoms in total. The largest absolute Gasteiger partial charge is 0.492 e. The molecule has 2 aromatic rings. The number of halogens is 2. The van der Waals surface area contributed by atoms with Crippen LogP contribution in [0.2, 0.25) is 0 Å². The first-order valence-electron chi connectivity index (χ1n) is 8.94. The lowest BCUT2D eigenvalue weighted by Gasteiger charge is -2.22. The molecule has 3 rings (SSSR count). The van der Waals surface area contributed by atoms with Crippen LogP contribution in [0.3, 0.4) is 0 Å². The molecule has 0 radical (unpaired) electrons. The van der Waals surface area contributed by atoms with Crippen molar-refractivity contribution in [2.75, 3.05) is 26.3 Å². The number of benzene rings is 1. The molecule has 7 heteroatoms. The normalized spacial score (nSPS) is 14.3. The third-order valence-electron chi connectivity index (χ3n) is 4.44. The van der Waals surface area contributed by atoms with E-state index < -0.39 is 11.8 Å². The summed E-state index contributed by atoms with van der Waals surface area (Å²) in [6.07, 6.45) is 3.89. The van der Waals surface area contributed by atoms with E-state index in [0.717, 1.165) is 25.9 Å². The highest BCUT2D eigenvalue weighted by Crippen LogP contribution is 2.23. The summed E-state index contributed by atoms with van der Waals surface area (Å²) in [5.41, 5.74) is 1.14. The molecule has 0 amide bonds. The van der Waals surface area contributed by atoms with E-state index in [1.807, 2.05) is 6.07 Å². The Kier molecular flexibility index (Phi) is 8.00. The van der Waals surface area contributed by atoms with Crippen molar-refractivity contribution < 1.29 is 18.7 Å². The monoisotopic (exact) mass is 394 g/mol. The SMILES string of the molecule is CCOC(=O)c1ccc(-c2ccc(OCC3CCNCC3)cn2)cc1F.Cl. The van der Waals surface area contributed by atoms with Crippen LogP contribution in [0.15, 0.2) is 36.5 Å². The average Bonchev–Trinajstić information content (AvgIpc) is 2.67. The summed E-state index contributed by atoms with van der Waals surface area (Å²) in [7, 11) is 0. The molecule has 1 fully saturated rings. The molecule has 0 atom stereocenters. The van der Waals surface area contributed by atoms with Crippen LogP contribution in [-0.2, 0) is 4.74 Å². The molecule has 27 heavy (non-hydrogen) atoms. The van der Waals surface area contributed by atoms with Gasteiger partial charge in [-0.3, -0.25) is 4.98 Å². The van der Waals surface area contributed by atoms with Gasteiger partial charge in [0, 0.05) is 5.56 Å². The lowest BCUT2D eigenvalue weighted by molar-refractivity contribution is 0.0521. The fourth-order valence-electron chi connectivity index (χ4n) is 2.95. The molecule has 1 saturated heterocycles. The van der Waals surface area contributed by atoms with Gasteiger partial charge in [-0.15, -0.1) is 12.4 Å². The fraction of sp³-hybridized carbons (Fsp3) is 0.400. The van der Waals surface area contributed by atoms with Crippen LogP contribution in [0.4, 0.5) is 4.39 Å². The molecule has 1 aliphatic heterocycles. The molecule has 1 aromatic heterocycles. The molecule has 0 spiro atoms. The Balaban J connectivity index is 0.00000261. The Labute approximate surface area is 164 Å². The Bertz CT molecular complexity index is 749. The van der Waals surface area contributed by atoms with Crippen molar-refractivity contribution in [1.29, 1.82) is 0 Å². The quantitative estimate of drug-likeness (QED) is 0.754. The van der Waals surface area contributed by atoms with Crippen LogP contribution in [-0.4, -0.2) is 37.3 Å². The molecular formula is C20H24ClFN2O3. The Hall–Kier alpha value is -2.18. The predicted molar refractivity (Wildman–Crippen MR) is 104 cm³/mol. The van der Waals surface area contributed by atoms with Gasteiger partial charge < -0.3 is 14.8 Å². The minimum Gasteiger partial charge on any atom is -0.492 e. The van der Waals surface area contributed by atoms with E-state index in [9.17, 15) is 9.18 Å². The van der Waals surface area contributed by atoms with Gasteiger partial charge in [0.2, 0.25) is 0 Å². The highest BCUT2D eigenvalue weighted by Gasteiger charge is 2.15. The van der Waals surface area contributed by atoms with Crippen LogP contribution in [0.25, 0.3) is 11.3 Å². The van der Waals surface area contributed by atoms with E-state index in [0.29, 0.717) is 29.5 Å². The van der Waals surface area contributed by atoms with E-state index in [1.54, 1.807) is 25.3 Å². The van der Waals surface area contributed by atoms with Gasteiger partial charge in [-0.2, -0.15) is 0 Å². The highest BCUT2D eigenvalue weighted by molar-refractivity contribution is 5.90. The van der Waals surface area contributed by atoms with Crippen LogP contribution in [0.5, 0.6) is 5.75 Å². The van der Waals surface area contributed by atoms with Crippen molar-refractivity contribution >= 4 is 18.4 Å². The maximum Gasteiger partial charge on any atom is 0.341 e. The van der Waals surface area contributed by atoms with Crippen LogP contribution in [0, 0.1) is 11.7 Å². The Morgan fingerprint density at radius 1 is 1.26 bits per heavy atom. The number of carbonyl (C=O) groups is 1. The van der Waals surface area contributed by atoms with Crippen molar-refractivity contribution in [2.24, 2.45) is 5.92 Å². The maximum atomic E-state index is 14.2. The third-order valence-corrected chi connectivity index (χ3v) is 4.44. The number of nitrogens with zero attached hydrogens (tertiary/aromatic N) is 1. The van der Waals surface area contributed by atoms with Crippen LogP contribution >= 0.6 is 12.4 Å². The van der Waals surface area contributed by atoms with Crippen molar-refractivity contribution in [2.45, 2.75) is 19.8 Å². The second-order valence-corrected chi connectivity index (χ2v) is 6.30. The molecule has 1 N–H and O–H groups in total. The number of rotatable bonds is 6. The standard InChI is InChI=1S/C20H23FN2O3.ClH/c1-2-25-20(24)17-5-3-15(11-18(17)21)19-6-4-16(12-23-19)26-13-14-7-9-22-10-8-14;/h3-6,11-12,14,22H,2,7-10,13H2,1H3;1H. The summed E-state index contributed by atoms with van der Waals surface area (Å²) in [6, 6.07) is 8.00. The van der Waals surface area contributed by atoms with Gasteiger partial charge in [-0.05, 0) is 63.0 Å². The van der Waals surface area contributed by atoms with Gasteiger partial charge in [0.15, 0.2) is 0 Å². The molecule has 1 aromatic carbocycles. The number of esters is 1. The molecule has 146 valence electrons. The first kappa shape index (κ1) is 21.1. The van der Waals surface area contributed by atoms with Gasteiger partial charge in [0.1, 0.15) is 11.6 Å². The molecule has 0 unspecified atom stereocenters. The number of pyridine rings is 1. The fourth-order valence-corrected chi connectivity index (χ4v) is 2.95. The first-order valence-corrected chi connectivity index (χ1v) is 8.94. The minimum atomic E-state index is -0.661. The van der Waals surface area contributed by atoms with E-state index in [-0.39, 0.29) is 24.6 Å². The molecule has 0 saturated carbocycles. The van der Waals surface area contributed by atoms with E-state index in [2.05, 4.69) is 10.3 Å². The zero-order chi connectivity index (χ0) is 18.4. The number of nitrogens with one attached hydrogen (secondary N) is 1. The number of hydrogen-bond acceptors (Lipinski definition) is 5. The zero-order valence-corrected chi connectivity index (χ0v) is 16.1. The molecule has 1 aliphatic rings. The lowest BCUT2D eigenvalue weighted by atomic mass is 9.99. The third kappa shape index (κ3) is 5.65. The van der Waals surface area contributed by atoms with Crippen LogP contribution in [0.1, 0.15) is 30.1 Å². The summed E-state index contributed by atoms with van der Waals surface area (Å²) < 4.78 is 24.8. The molecule has 0 bridgehead atoms. The smallest absolute Gasteiger partial charge is 0.341 e. The van der Waals surface area contributed by atoms with Gasteiger partial charge in [-0.25, -0.2) is 9.18 Å². The van der Waals surface area contributed by atoms with Gasteiger partial charge in [0.05, 0.1) is 30.7 Å². The van der Waals surface area contributed by atoms with Crippen molar-refractivity contribution in [3.8, 4) is 17.0 Å². The molecule has 0 aliphatic carbocycles. The maximum absolute atomic E-state index is 14.2. The lowest BCUT2D eigenvalue weighted by Crippen LogP contribution is -2.30.